The summed E-state index contributed by atoms with van der Waals surface area (Å²) in [5, 5.41) is 19.3. The van der Waals surface area contributed by atoms with E-state index in [1.54, 1.807) is 0 Å². The molecule has 3 aromatic heterocycles. The Labute approximate surface area is 184 Å². The second-order valence-corrected chi connectivity index (χ2v) is 14.0. The maximum absolute atomic E-state index is 6.46. The van der Waals surface area contributed by atoms with E-state index in [4.69, 9.17) is 9.40 Å². The summed E-state index contributed by atoms with van der Waals surface area (Å²) in [6.45, 7) is 7.02. The van der Waals surface area contributed by atoms with Gasteiger partial charge in [0.25, 0.3) is 0 Å². The molecular formula is C24H20N6OSi. The third-order valence-electron chi connectivity index (χ3n) is 5.77. The molecular weight excluding hydrogens is 416 g/mol. The number of para-hydroxylation sites is 2. The number of benzene rings is 3. The summed E-state index contributed by atoms with van der Waals surface area (Å²) in [5.41, 5.74) is 4.47. The van der Waals surface area contributed by atoms with Crippen LogP contribution >= 0.6 is 0 Å². The van der Waals surface area contributed by atoms with Crippen molar-refractivity contribution in [2.75, 3.05) is 0 Å². The third-order valence-corrected chi connectivity index (χ3v) is 7.82. The van der Waals surface area contributed by atoms with Crippen LogP contribution in [0.2, 0.25) is 19.6 Å². The number of furan rings is 1. The van der Waals surface area contributed by atoms with Gasteiger partial charge in [-0.05, 0) is 34.7 Å². The summed E-state index contributed by atoms with van der Waals surface area (Å²) in [6, 6.07) is 22.7. The second kappa shape index (κ2) is 6.79. The number of hydrogen-bond donors (Lipinski definition) is 0. The Morgan fingerprint density at radius 1 is 0.812 bits per heavy atom. The zero-order valence-corrected chi connectivity index (χ0v) is 18.9. The van der Waals surface area contributed by atoms with Crippen molar-refractivity contribution in [2.45, 2.75) is 19.6 Å². The smallest absolute Gasteiger partial charge is 0.224 e. The minimum Gasteiger partial charge on any atom is -0.455 e. The molecule has 0 bridgehead atoms. The summed E-state index contributed by atoms with van der Waals surface area (Å²) in [4.78, 5) is 4.77. The van der Waals surface area contributed by atoms with Crippen molar-refractivity contribution in [1.29, 1.82) is 0 Å². The van der Waals surface area contributed by atoms with Gasteiger partial charge in [-0.25, -0.2) is 4.98 Å². The maximum Gasteiger partial charge on any atom is 0.224 e. The fourth-order valence-electron chi connectivity index (χ4n) is 4.13. The molecule has 6 rings (SSSR count). The summed E-state index contributed by atoms with van der Waals surface area (Å²) in [6.07, 6.45) is 0. The first kappa shape index (κ1) is 18.8. The van der Waals surface area contributed by atoms with Crippen molar-refractivity contribution in [2.24, 2.45) is 0 Å². The number of fused-ring (bicyclic) bond motifs is 4. The molecule has 32 heavy (non-hydrogen) atoms. The lowest BCUT2D eigenvalue weighted by atomic mass is 10.1. The Morgan fingerprint density at radius 3 is 2.44 bits per heavy atom. The van der Waals surface area contributed by atoms with Gasteiger partial charge < -0.3 is 4.42 Å². The highest BCUT2D eigenvalue weighted by atomic mass is 28.3. The molecule has 7 nitrogen and oxygen atoms in total. The molecule has 0 aliphatic rings. The van der Waals surface area contributed by atoms with Crippen LogP contribution in [0.1, 0.15) is 0 Å². The van der Waals surface area contributed by atoms with Crippen LogP contribution in [-0.2, 0) is 0 Å². The molecule has 156 valence electrons. The van der Waals surface area contributed by atoms with Gasteiger partial charge in [0.05, 0.1) is 13.6 Å². The quantitative estimate of drug-likeness (QED) is 0.374. The largest absolute Gasteiger partial charge is 0.455 e. The summed E-state index contributed by atoms with van der Waals surface area (Å²) in [7, 11) is -1.46. The van der Waals surface area contributed by atoms with Crippen LogP contribution in [0.4, 0.5) is 0 Å². The lowest BCUT2D eigenvalue weighted by Crippen LogP contribution is -2.37. The van der Waals surface area contributed by atoms with Crippen molar-refractivity contribution in [3.63, 3.8) is 0 Å². The van der Waals surface area contributed by atoms with Gasteiger partial charge in [-0.1, -0.05) is 67.3 Å². The van der Waals surface area contributed by atoms with Gasteiger partial charge in [0, 0.05) is 16.5 Å². The van der Waals surface area contributed by atoms with E-state index in [-0.39, 0.29) is 0 Å². The molecule has 0 saturated heterocycles. The second-order valence-electron chi connectivity index (χ2n) is 8.88. The fraction of sp³-hybridized carbons (Fsp3) is 0.125. The molecule has 3 aromatic carbocycles. The molecule has 3 heterocycles. The van der Waals surface area contributed by atoms with Gasteiger partial charge >= 0.3 is 0 Å². The van der Waals surface area contributed by atoms with Crippen molar-refractivity contribution < 1.29 is 4.42 Å². The summed E-state index contributed by atoms with van der Waals surface area (Å²) < 4.78 is 8.41. The van der Waals surface area contributed by atoms with Crippen molar-refractivity contribution in [3.05, 3.63) is 66.7 Å². The maximum atomic E-state index is 6.46. The minimum atomic E-state index is -1.46. The highest BCUT2D eigenvalue weighted by Gasteiger charge is 2.22. The predicted octanol–water partition coefficient (Wildman–Crippen LogP) is 4.72. The van der Waals surface area contributed by atoms with E-state index >= 15 is 0 Å². The zero-order chi connectivity index (χ0) is 21.9. The number of nitrogens with zero attached hydrogens (tertiary/aromatic N) is 6. The van der Waals surface area contributed by atoms with Crippen LogP contribution in [0.5, 0.6) is 0 Å². The standard InChI is InChI=1S/C24H20N6OSi/c1-32(2,3)16-12-13-17-18-10-7-11-19(21(18)31-20(17)14-16)23-25-22-24(27-29-28-26-22)30(23)15-8-5-4-6-9-15/h4-14H,1-3H3. The van der Waals surface area contributed by atoms with Gasteiger partial charge in [-0.15, -0.1) is 10.2 Å². The molecule has 0 aliphatic carbocycles. The SMILES string of the molecule is C[Si](C)(C)c1ccc2c(c1)oc1c(-c3nc4nnnnc4n3-c3ccccc3)cccc12. The van der Waals surface area contributed by atoms with Gasteiger partial charge in [0.1, 0.15) is 11.2 Å². The van der Waals surface area contributed by atoms with Crippen LogP contribution < -0.4 is 5.19 Å². The first-order chi connectivity index (χ1) is 15.5. The minimum absolute atomic E-state index is 0.438. The van der Waals surface area contributed by atoms with E-state index in [2.05, 4.69) is 64.5 Å². The lowest BCUT2D eigenvalue weighted by molar-refractivity contribution is 0.669. The van der Waals surface area contributed by atoms with Gasteiger partial charge in [0.15, 0.2) is 5.82 Å². The van der Waals surface area contributed by atoms with Crippen molar-refractivity contribution in [3.8, 4) is 17.1 Å². The number of rotatable bonds is 3. The van der Waals surface area contributed by atoms with Gasteiger partial charge in [-0.3, -0.25) is 4.57 Å². The zero-order valence-electron chi connectivity index (χ0n) is 17.9. The number of imidazole rings is 1. The van der Waals surface area contributed by atoms with E-state index in [0.29, 0.717) is 17.1 Å². The molecule has 0 N–H and O–H groups in total. The Balaban J connectivity index is 1.67. The van der Waals surface area contributed by atoms with E-state index in [1.807, 2.05) is 47.0 Å². The molecule has 0 unspecified atom stereocenters. The first-order valence-corrected chi connectivity index (χ1v) is 14.0. The summed E-state index contributed by atoms with van der Waals surface area (Å²) >= 11 is 0. The van der Waals surface area contributed by atoms with Crippen molar-refractivity contribution >= 4 is 46.5 Å². The van der Waals surface area contributed by atoms with Gasteiger partial charge in [-0.2, -0.15) is 0 Å². The van der Waals surface area contributed by atoms with E-state index in [0.717, 1.165) is 33.2 Å². The van der Waals surface area contributed by atoms with E-state index < -0.39 is 8.07 Å². The van der Waals surface area contributed by atoms with E-state index in [1.165, 1.54) is 5.19 Å². The van der Waals surface area contributed by atoms with Gasteiger partial charge in [0.2, 0.25) is 11.3 Å². The van der Waals surface area contributed by atoms with E-state index in [9.17, 15) is 0 Å². The molecule has 0 atom stereocenters. The fourth-order valence-corrected chi connectivity index (χ4v) is 5.27. The molecule has 0 fully saturated rings. The molecule has 0 saturated carbocycles. The Morgan fingerprint density at radius 2 is 1.62 bits per heavy atom. The topological polar surface area (TPSA) is 82.5 Å². The third kappa shape index (κ3) is 2.84. The van der Waals surface area contributed by atoms with Crippen LogP contribution in [0.25, 0.3) is 50.3 Å². The Hall–Kier alpha value is -3.91. The van der Waals surface area contributed by atoms with Crippen LogP contribution in [-0.4, -0.2) is 38.2 Å². The number of hydrogen-bond acceptors (Lipinski definition) is 6. The molecule has 8 heteroatoms. The summed E-state index contributed by atoms with van der Waals surface area (Å²) in [5.74, 6) is 0.691. The van der Waals surface area contributed by atoms with Crippen LogP contribution in [0.3, 0.4) is 0 Å². The molecule has 0 aliphatic heterocycles. The Bertz CT molecular complexity index is 1610. The lowest BCUT2D eigenvalue weighted by Gasteiger charge is -2.15. The average Bonchev–Trinajstić information content (AvgIpc) is 3.37. The average molecular weight is 437 g/mol. The Kier molecular flexibility index (Phi) is 4.00. The van der Waals surface area contributed by atoms with Crippen LogP contribution in [0.15, 0.2) is 71.1 Å². The highest BCUT2D eigenvalue weighted by molar-refractivity contribution is 6.88. The van der Waals surface area contributed by atoms with Crippen LogP contribution in [0, 0.1) is 0 Å². The first-order valence-electron chi connectivity index (χ1n) is 10.5. The molecule has 6 aromatic rings. The normalized spacial score (nSPS) is 12.2. The number of aromatic nitrogens is 6. The highest BCUT2D eigenvalue weighted by Crippen LogP contribution is 2.36. The monoisotopic (exact) mass is 436 g/mol. The predicted molar refractivity (Wildman–Crippen MR) is 128 cm³/mol. The molecule has 0 spiro atoms. The molecule has 0 radical (unpaired) electrons. The molecule has 0 amide bonds. The van der Waals surface area contributed by atoms with Crippen molar-refractivity contribution in [1.82, 2.24) is 30.2 Å².